The van der Waals surface area contributed by atoms with Crippen LogP contribution in [0, 0.1) is 6.92 Å². The molecule has 2 N–H and O–H groups in total. The molecule has 7 nitrogen and oxygen atoms in total. The average Bonchev–Trinajstić information content (AvgIpc) is 3.49. The number of fused-ring (bicyclic) bond motifs is 2. The number of nitrogens with one attached hydrogen (secondary N) is 2. The van der Waals surface area contributed by atoms with Crippen molar-refractivity contribution in [2.45, 2.75) is 33.9 Å². The normalized spacial score (nSPS) is 13.0. The SMILES string of the molecule is CCN(CC)C(=O)c1c(-c2ccc(C)cc2)nn(C)c1-c1nc2cc3c(cc2[nH]1)CNC3. The van der Waals surface area contributed by atoms with Gasteiger partial charge in [-0.1, -0.05) is 29.8 Å². The van der Waals surface area contributed by atoms with Crippen molar-refractivity contribution in [3.05, 3.63) is 58.7 Å². The summed E-state index contributed by atoms with van der Waals surface area (Å²) in [5.41, 5.74) is 8.53. The van der Waals surface area contributed by atoms with Crippen molar-refractivity contribution in [2.75, 3.05) is 13.1 Å². The van der Waals surface area contributed by atoms with Gasteiger partial charge in [0.25, 0.3) is 5.91 Å². The summed E-state index contributed by atoms with van der Waals surface area (Å²) in [5, 5.41) is 8.17. The lowest BCUT2D eigenvalue weighted by atomic mass is 10.0. The molecule has 0 fully saturated rings. The van der Waals surface area contributed by atoms with E-state index in [1.165, 1.54) is 16.7 Å². The average molecular weight is 429 g/mol. The van der Waals surface area contributed by atoms with Gasteiger partial charge in [0.2, 0.25) is 0 Å². The summed E-state index contributed by atoms with van der Waals surface area (Å²) < 4.78 is 1.78. The highest BCUT2D eigenvalue weighted by Gasteiger charge is 2.29. The van der Waals surface area contributed by atoms with Crippen LogP contribution >= 0.6 is 0 Å². The quantitative estimate of drug-likeness (QED) is 0.503. The van der Waals surface area contributed by atoms with E-state index < -0.39 is 0 Å². The molecule has 164 valence electrons. The highest BCUT2D eigenvalue weighted by atomic mass is 16.2. The van der Waals surface area contributed by atoms with Gasteiger partial charge in [-0.3, -0.25) is 9.48 Å². The molecule has 1 aliphatic heterocycles. The second-order valence-electron chi connectivity index (χ2n) is 8.37. The molecule has 7 heteroatoms. The van der Waals surface area contributed by atoms with Crippen LogP contribution in [0.25, 0.3) is 33.8 Å². The molecule has 0 unspecified atom stereocenters. The predicted molar refractivity (Wildman–Crippen MR) is 126 cm³/mol. The number of H-pyrrole nitrogens is 1. The first kappa shape index (κ1) is 20.5. The molecule has 0 saturated carbocycles. The zero-order valence-electron chi connectivity index (χ0n) is 19.0. The van der Waals surface area contributed by atoms with Crippen LogP contribution in [0.15, 0.2) is 36.4 Å². The maximum absolute atomic E-state index is 13.7. The number of carbonyl (C=O) groups is 1. The largest absolute Gasteiger partial charge is 0.339 e. The second kappa shape index (κ2) is 7.91. The van der Waals surface area contributed by atoms with Gasteiger partial charge in [0.1, 0.15) is 11.4 Å². The van der Waals surface area contributed by atoms with Crippen LogP contribution in [-0.4, -0.2) is 43.6 Å². The lowest BCUT2D eigenvalue weighted by Gasteiger charge is -2.19. The van der Waals surface area contributed by atoms with Crippen LogP contribution < -0.4 is 5.32 Å². The summed E-state index contributed by atoms with van der Waals surface area (Å²) in [7, 11) is 1.88. The maximum atomic E-state index is 13.7. The molecule has 0 bridgehead atoms. The Hall–Kier alpha value is -3.45. The van der Waals surface area contributed by atoms with E-state index in [1.54, 1.807) is 4.68 Å². The molecule has 0 spiro atoms. The molecular weight excluding hydrogens is 400 g/mol. The topological polar surface area (TPSA) is 78.8 Å². The third-order valence-corrected chi connectivity index (χ3v) is 6.30. The van der Waals surface area contributed by atoms with E-state index in [0.29, 0.717) is 35.9 Å². The number of imidazole rings is 1. The lowest BCUT2D eigenvalue weighted by Crippen LogP contribution is -2.31. The number of aromatic nitrogens is 4. The van der Waals surface area contributed by atoms with E-state index >= 15 is 0 Å². The lowest BCUT2D eigenvalue weighted by molar-refractivity contribution is 0.0774. The number of aromatic amines is 1. The highest BCUT2D eigenvalue weighted by molar-refractivity contribution is 6.05. The molecule has 1 aliphatic rings. The van der Waals surface area contributed by atoms with Gasteiger partial charge >= 0.3 is 0 Å². The Bertz CT molecular complexity index is 1270. The Balaban J connectivity index is 1.72. The Kier molecular flexibility index (Phi) is 5.06. The van der Waals surface area contributed by atoms with Crippen LogP contribution in [0.2, 0.25) is 0 Å². The van der Waals surface area contributed by atoms with Crippen LogP contribution in [0.1, 0.15) is 40.9 Å². The van der Waals surface area contributed by atoms with Gasteiger partial charge in [0, 0.05) is 38.8 Å². The Morgan fingerprint density at radius 2 is 1.78 bits per heavy atom. The Morgan fingerprint density at radius 3 is 2.47 bits per heavy atom. The van der Waals surface area contributed by atoms with Crippen molar-refractivity contribution in [3.8, 4) is 22.8 Å². The van der Waals surface area contributed by atoms with Crippen LogP contribution in [-0.2, 0) is 20.1 Å². The number of hydrogen-bond acceptors (Lipinski definition) is 4. The molecular formula is C25H28N6O. The van der Waals surface area contributed by atoms with Crippen molar-refractivity contribution in [3.63, 3.8) is 0 Å². The Morgan fingerprint density at radius 1 is 1.09 bits per heavy atom. The number of rotatable bonds is 5. The van der Waals surface area contributed by atoms with Gasteiger partial charge in [-0.2, -0.15) is 5.10 Å². The minimum absolute atomic E-state index is 0.0270. The van der Waals surface area contributed by atoms with E-state index in [4.69, 9.17) is 10.1 Å². The minimum atomic E-state index is -0.0270. The number of aryl methyl sites for hydroxylation is 2. The van der Waals surface area contributed by atoms with Crippen molar-refractivity contribution < 1.29 is 4.79 Å². The smallest absolute Gasteiger partial charge is 0.258 e. The summed E-state index contributed by atoms with van der Waals surface area (Å²) >= 11 is 0. The summed E-state index contributed by atoms with van der Waals surface area (Å²) in [6, 6.07) is 12.4. The molecule has 2 aromatic carbocycles. The molecule has 1 amide bonds. The zero-order valence-corrected chi connectivity index (χ0v) is 19.0. The van der Waals surface area contributed by atoms with E-state index in [1.807, 2.05) is 50.1 Å². The molecule has 2 aromatic heterocycles. The summed E-state index contributed by atoms with van der Waals surface area (Å²) in [5.74, 6) is 0.640. The van der Waals surface area contributed by atoms with Gasteiger partial charge in [0.15, 0.2) is 5.82 Å². The van der Waals surface area contributed by atoms with E-state index in [9.17, 15) is 4.79 Å². The minimum Gasteiger partial charge on any atom is -0.339 e. The zero-order chi connectivity index (χ0) is 22.4. The molecule has 4 aromatic rings. The first-order chi connectivity index (χ1) is 15.5. The van der Waals surface area contributed by atoms with Crippen molar-refractivity contribution in [1.82, 2.24) is 30.0 Å². The van der Waals surface area contributed by atoms with E-state index in [-0.39, 0.29) is 5.91 Å². The number of carbonyl (C=O) groups excluding carboxylic acids is 1. The van der Waals surface area contributed by atoms with Gasteiger partial charge in [-0.05, 0) is 44.0 Å². The number of benzene rings is 2. The Labute approximate surface area is 187 Å². The monoisotopic (exact) mass is 428 g/mol. The van der Waals surface area contributed by atoms with Crippen LogP contribution in [0.4, 0.5) is 0 Å². The molecule has 3 heterocycles. The fourth-order valence-electron chi connectivity index (χ4n) is 4.50. The summed E-state index contributed by atoms with van der Waals surface area (Å²) in [6.45, 7) is 9.06. The van der Waals surface area contributed by atoms with Gasteiger partial charge in [-0.15, -0.1) is 0 Å². The highest BCUT2D eigenvalue weighted by Crippen LogP contribution is 2.33. The molecule has 32 heavy (non-hydrogen) atoms. The van der Waals surface area contributed by atoms with Gasteiger partial charge in [0.05, 0.1) is 16.6 Å². The van der Waals surface area contributed by atoms with E-state index in [0.717, 1.165) is 29.7 Å². The molecule has 0 saturated heterocycles. The van der Waals surface area contributed by atoms with Crippen molar-refractivity contribution in [1.29, 1.82) is 0 Å². The number of nitrogens with zero attached hydrogens (tertiary/aromatic N) is 4. The summed E-state index contributed by atoms with van der Waals surface area (Å²) in [4.78, 5) is 23.8. The summed E-state index contributed by atoms with van der Waals surface area (Å²) in [6.07, 6.45) is 0. The third-order valence-electron chi connectivity index (χ3n) is 6.30. The van der Waals surface area contributed by atoms with Gasteiger partial charge < -0.3 is 15.2 Å². The first-order valence-corrected chi connectivity index (χ1v) is 11.2. The number of amides is 1. The van der Waals surface area contributed by atoms with Crippen molar-refractivity contribution >= 4 is 16.9 Å². The third kappa shape index (κ3) is 3.29. The molecule has 5 rings (SSSR count). The van der Waals surface area contributed by atoms with Gasteiger partial charge in [-0.25, -0.2) is 4.98 Å². The second-order valence-corrected chi connectivity index (χ2v) is 8.37. The molecule has 0 atom stereocenters. The number of hydrogen-bond donors (Lipinski definition) is 2. The predicted octanol–water partition coefficient (Wildman–Crippen LogP) is 4.02. The van der Waals surface area contributed by atoms with Crippen molar-refractivity contribution in [2.24, 2.45) is 7.05 Å². The van der Waals surface area contributed by atoms with Crippen LogP contribution in [0.3, 0.4) is 0 Å². The van der Waals surface area contributed by atoms with E-state index in [2.05, 4.69) is 29.4 Å². The van der Waals surface area contributed by atoms with Crippen LogP contribution in [0.5, 0.6) is 0 Å². The first-order valence-electron chi connectivity index (χ1n) is 11.2. The fourth-order valence-corrected chi connectivity index (χ4v) is 4.50. The standard InChI is InChI=1S/C25H28N6O/c1-5-31(6-2)25(32)21-22(16-9-7-15(3)8-10-16)29-30(4)23(21)24-27-19-11-17-13-26-14-18(17)12-20(19)28-24/h7-12,26H,5-6,13-14H2,1-4H3,(H,27,28). The molecule has 0 aliphatic carbocycles. The fraction of sp³-hybridized carbons (Fsp3) is 0.320. The molecule has 0 radical (unpaired) electrons. The maximum Gasteiger partial charge on any atom is 0.258 e.